The van der Waals surface area contributed by atoms with Gasteiger partial charge in [0, 0.05) is 61.9 Å². The molecule has 5 bridgehead atoms. The first-order chi connectivity index (χ1) is 24.5. The number of allylic oxidation sites excluding steroid dienone is 4. The van der Waals surface area contributed by atoms with Crippen molar-refractivity contribution in [1.82, 2.24) is 10.2 Å². The van der Waals surface area contributed by atoms with E-state index in [1.54, 1.807) is 44.7 Å². The molecular weight excluding hydrogens is 672 g/mol. The van der Waals surface area contributed by atoms with Crippen LogP contribution in [-0.2, 0) is 14.3 Å². The maximum atomic E-state index is 14.5. The number of phenols is 1. The number of nitrogens with one attached hydrogen (secondary N) is 1. The van der Waals surface area contributed by atoms with E-state index in [0.29, 0.717) is 13.1 Å². The number of aliphatic hydroxyl groups is 3. The lowest BCUT2D eigenvalue weighted by Crippen LogP contribution is -2.45. The number of fused-ring (bicyclic) bond motifs is 14. The largest absolute Gasteiger partial charge is 0.507 e. The lowest BCUT2D eigenvalue weighted by atomic mass is 9.78. The average molecular weight is 723 g/mol. The van der Waals surface area contributed by atoms with Crippen molar-refractivity contribution in [3.63, 3.8) is 0 Å². The third-order valence-electron chi connectivity index (χ3n) is 11.1. The molecule has 6 rings (SSSR count). The zero-order valence-corrected chi connectivity index (χ0v) is 30.9. The van der Waals surface area contributed by atoms with Crippen molar-refractivity contribution >= 4 is 23.3 Å². The van der Waals surface area contributed by atoms with E-state index in [0.717, 1.165) is 12.8 Å². The van der Waals surface area contributed by atoms with Crippen LogP contribution in [0.3, 0.4) is 0 Å². The molecule has 4 aliphatic heterocycles. The van der Waals surface area contributed by atoms with Crippen LogP contribution in [0.25, 0.3) is 0 Å². The minimum absolute atomic E-state index is 0.0335. The van der Waals surface area contributed by atoms with Crippen LogP contribution in [0.15, 0.2) is 47.5 Å². The molecule has 13 nitrogen and oxygen atoms in total. The van der Waals surface area contributed by atoms with Gasteiger partial charge in [0.2, 0.25) is 11.6 Å². The van der Waals surface area contributed by atoms with E-state index in [1.165, 1.54) is 46.3 Å². The summed E-state index contributed by atoms with van der Waals surface area (Å²) in [5.41, 5.74) is -1.12. The Balaban J connectivity index is 1.65. The van der Waals surface area contributed by atoms with Crippen molar-refractivity contribution in [2.24, 2.45) is 23.7 Å². The van der Waals surface area contributed by atoms with E-state index >= 15 is 0 Å². The smallest absolute Gasteiger partial charge is 0.312 e. The van der Waals surface area contributed by atoms with Crippen molar-refractivity contribution in [3.8, 4) is 11.5 Å². The average Bonchev–Trinajstić information content (AvgIpc) is 3.74. The molecule has 5 N–H and O–H groups in total. The third kappa shape index (κ3) is 6.70. The number of amides is 1. The van der Waals surface area contributed by atoms with Crippen LogP contribution in [0.1, 0.15) is 91.0 Å². The standard InChI is InChI=1S/C39H50N2O11/c1-18-12-11-13-19(2)38(49)40-28-29(41-15-9-10-16-41)35(47)25-26(34(28)46)33(45)23(6)36-27(25)37(48)39(7,52-36)51-17-14-24(50-8)20(3)31(43)22(5)32(44)21(4)30(18)42/h11-14,17-18,20-22,24,30-32,42-45H,9-10,15-16H2,1-8H3,(H,40,49)/b12-11+,17-14+,19-13-. The predicted molar refractivity (Wildman–Crippen MR) is 189 cm³/mol. The number of aromatic hydroxyl groups is 1. The van der Waals surface area contributed by atoms with Crippen molar-refractivity contribution in [2.45, 2.75) is 91.5 Å². The van der Waals surface area contributed by atoms with Gasteiger partial charge in [-0.15, -0.1) is 0 Å². The number of ketones is 3. The summed E-state index contributed by atoms with van der Waals surface area (Å²) >= 11 is 0. The highest BCUT2D eigenvalue weighted by molar-refractivity contribution is 6.32. The van der Waals surface area contributed by atoms with Gasteiger partial charge in [-0.05, 0) is 32.8 Å². The highest BCUT2D eigenvalue weighted by Gasteiger charge is 2.53. The second kappa shape index (κ2) is 15.0. The summed E-state index contributed by atoms with van der Waals surface area (Å²) in [6, 6.07) is 0. The van der Waals surface area contributed by atoms with Crippen molar-refractivity contribution in [2.75, 3.05) is 20.2 Å². The Kier molecular flexibility index (Phi) is 11.2. The monoisotopic (exact) mass is 722 g/mol. The Hall–Kier alpha value is -4.30. The summed E-state index contributed by atoms with van der Waals surface area (Å²) in [5, 5.41) is 47.6. The second-order valence-electron chi connectivity index (χ2n) is 14.6. The number of benzene rings is 1. The van der Waals surface area contributed by atoms with Gasteiger partial charge in [0.25, 0.3) is 11.7 Å². The molecule has 0 saturated carbocycles. The Labute approximate surface area is 303 Å². The Morgan fingerprint density at radius 2 is 1.48 bits per heavy atom. The molecule has 9 unspecified atom stereocenters. The number of methoxy groups -OCH3 is 1. The summed E-state index contributed by atoms with van der Waals surface area (Å²) in [7, 11) is 1.43. The van der Waals surface area contributed by atoms with Gasteiger partial charge < -0.3 is 44.9 Å². The first-order valence-electron chi connectivity index (χ1n) is 17.8. The highest BCUT2D eigenvalue weighted by Crippen LogP contribution is 2.49. The molecule has 1 aliphatic carbocycles. The molecule has 1 amide bonds. The summed E-state index contributed by atoms with van der Waals surface area (Å²) in [4.78, 5) is 58.2. The fraction of sp³-hybridized carbons (Fsp3) is 0.538. The quantitative estimate of drug-likeness (QED) is 0.299. The molecule has 1 saturated heterocycles. The molecular formula is C39H50N2O11. The van der Waals surface area contributed by atoms with Gasteiger partial charge in [-0.25, -0.2) is 0 Å². The van der Waals surface area contributed by atoms with Gasteiger partial charge in [0.1, 0.15) is 22.9 Å². The number of hydrogen-bond donors (Lipinski definition) is 5. The molecule has 1 fully saturated rings. The molecule has 9 atom stereocenters. The van der Waals surface area contributed by atoms with Crippen molar-refractivity contribution in [1.29, 1.82) is 0 Å². The Morgan fingerprint density at radius 1 is 0.865 bits per heavy atom. The molecule has 1 aromatic rings. The van der Waals surface area contributed by atoms with Crippen LogP contribution < -0.4 is 10.1 Å². The molecule has 0 aromatic heterocycles. The molecule has 282 valence electrons. The predicted octanol–water partition coefficient (Wildman–Crippen LogP) is 3.48. The first-order valence-corrected chi connectivity index (χ1v) is 17.8. The Bertz CT molecular complexity index is 1770. The van der Waals surface area contributed by atoms with E-state index in [1.807, 2.05) is 0 Å². The van der Waals surface area contributed by atoms with E-state index in [9.17, 15) is 39.6 Å². The van der Waals surface area contributed by atoms with Gasteiger partial charge in [-0.2, -0.15) is 0 Å². The maximum Gasteiger partial charge on any atom is 0.312 e. The second-order valence-corrected chi connectivity index (χ2v) is 14.6. The van der Waals surface area contributed by atoms with E-state index < -0.39 is 88.4 Å². The minimum Gasteiger partial charge on any atom is -0.507 e. The number of rotatable bonds is 2. The van der Waals surface area contributed by atoms with Gasteiger partial charge in [0.05, 0.1) is 47.4 Å². The van der Waals surface area contributed by atoms with Crippen LogP contribution >= 0.6 is 0 Å². The lowest BCUT2D eigenvalue weighted by molar-refractivity contribution is -0.116. The molecule has 4 heterocycles. The molecule has 0 spiro atoms. The number of carbonyl (C=O) groups is 4. The summed E-state index contributed by atoms with van der Waals surface area (Å²) < 4.78 is 17.5. The van der Waals surface area contributed by atoms with E-state index in [4.69, 9.17) is 14.2 Å². The van der Waals surface area contributed by atoms with Crippen LogP contribution in [0, 0.1) is 30.6 Å². The normalized spacial score (nSPS) is 35.5. The number of likely N-dealkylation sites (tertiary alicyclic amines) is 1. The van der Waals surface area contributed by atoms with Gasteiger partial charge >= 0.3 is 5.79 Å². The number of ether oxygens (including phenoxy) is 3. The molecule has 13 heteroatoms. The molecule has 1 aromatic carbocycles. The molecule has 0 radical (unpaired) electrons. The zero-order chi connectivity index (χ0) is 38.4. The fourth-order valence-electron chi connectivity index (χ4n) is 7.53. The lowest BCUT2D eigenvalue weighted by Gasteiger charge is -2.36. The molecule has 5 aliphatic rings. The van der Waals surface area contributed by atoms with Gasteiger partial charge in [-0.3, -0.25) is 19.2 Å². The van der Waals surface area contributed by atoms with E-state index in [-0.39, 0.29) is 39.4 Å². The van der Waals surface area contributed by atoms with Gasteiger partial charge in [0.15, 0.2) is 0 Å². The van der Waals surface area contributed by atoms with Crippen LogP contribution in [0.2, 0.25) is 0 Å². The SMILES string of the molecule is COC1/C=C/OC2(C)Oc3c(C)c(O)c4c(c3C2=O)C(=O)C(N2CCCC2)=C(NC(=O)/C(C)=C\C=C\C(C)C(O)C(C)C(O)C(C)C(O)C1C)C4=O. The van der Waals surface area contributed by atoms with Crippen LogP contribution in [0.4, 0.5) is 0 Å². The van der Waals surface area contributed by atoms with Gasteiger partial charge in [-0.1, -0.05) is 45.9 Å². The summed E-state index contributed by atoms with van der Waals surface area (Å²) in [6.07, 6.45) is 4.93. The van der Waals surface area contributed by atoms with E-state index in [2.05, 4.69) is 5.32 Å². The number of Topliss-reactive ketones (excluding diaryl/α,β-unsaturated/α-hetero) is 3. The van der Waals surface area contributed by atoms with Crippen molar-refractivity contribution < 1.29 is 53.8 Å². The third-order valence-corrected chi connectivity index (χ3v) is 11.1. The molecule has 52 heavy (non-hydrogen) atoms. The Morgan fingerprint density at radius 3 is 2.12 bits per heavy atom. The number of hydrogen-bond acceptors (Lipinski definition) is 12. The summed E-state index contributed by atoms with van der Waals surface area (Å²) in [5.74, 6) is -8.08. The number of aliphatic hydroxyl groups excluding tert-OH is 3. The maximum absolute atomic E-state index is 14.5. The number of carbonyl (C=O) groups excluding carboxylic acids is 4. The van der Waals surface area contributed by atoms with Crippen molar-refractivity contribution in [3.05, 3.63) is 69.8 Å². The van der Waals surface area contributed by atoms with Crippen LogP contribution in [-0.4, -0.2) is 99.0 Å². The zero-order valence-electron chi connectivity index (χ0n) is 30.9. The minimum atomic E-state index is -2.02. The fourth-order valence-corrected chi connectivity index (χ4v) is 7.53. The number of nitrogens with zero attached hydrogens (tertiary/aromatic N) is 1. The first kappa shape index (κ1) is 38.9. The van der Waals surface area contributed by atoms with Crippen LogP contribution in [0.5, 0.6) is 11.5 Å². The number of phenolic OH excluding ortho intramolecular Hbond substituents is 1. The topological polar surface area (TPSA) is 192 Å². The summed E-state index contributed by atoms with van der Waals surface area (Å²) in [6.45, 7) is 12.0. The highest BCUT2D eigenvalue weighted by atomic mass is 16.7.